The van der Waals surface area contributed by atoms with E-state index in [0.717, 1.165) is 5.56 Å². The van der Waals surface area contributed by atoms with E-state index in [-0.39, 0.29) is 12.6 Å². The summed E-state index contributed by atoms with van der Waals surface area (Å²) in [5, 5.41) is 12.3. The normalized spacial score (nSPS) is 12.0. The fourth-order valence-corrected chi connectivity index (χ4v) is 3.29. The first-order chi connectivity index (χ1) is 15.7. The molecule has 3 rings (SSSR count). The van der Waals surface area contributed by atoms with Crippen LogP contribution in [0.3, 0.4) is 0 Å². The van der Waals surface area contributed by atoms with Crippen LogP contribution >= 0.6 is 11.6 Å². The standard InChI is InChI=1S/C20H13ClF6N4O3/c1-10-3-2-4-11(7-10)9-30-17(32)15(21)16(20(25,26)27)29-18(30)28-13-6-5-12(19(22,23)24)8-14(13)31(33)34/h2-8H,9H2,1H3,(H,28,29). The van der Waals surface area contributed by atoms with Crippen molar-refractivity contribution in [3.05, 3.63) is 90.3 Å². The highest BCUT2D eigenvalue weighted by atomic mass is 35.5. The van der Waals surface area contributed by atoms with E-state index >= 15 is 0 Å². The van der Waals surface area contributed by atoms with Crippen molar-refractivity contribution in [3.63, 3.8) is 0 Å². The van der Waals surface area contributed by atoms with Crippen LogP contribution in [0, 0.1) is 17.0 Å². The predicted octanol–water partition coefficient (Wildman–Crippen LogP) is 5.94. The van der Waals surface area contributed by atoms with E-state index in [0.29, 0.717) is 22.3 Å². The Hall–Kier alpha value is -3.61. The van der Waals surface area contributed by atoms with Gasteiger partial charge in [-0.15, -0.1) is 0 Å². The fraction of sp³-hybridized carbons (Fsp3) is 0.200. The van der Waals surface area contributed by atoms with Gasteiger partial charge in [0.1, 0.15) is 10.7 Å². The average molecular weight is 507 g/mol. The van der Waals surface area contributed by atoms with Crippen molar-refractivity contribution >= 4 is 28.9 Å². The summed E-state index contributed by atoms with van der Waals surface area (Å²) in [6, 6.07) is 7.92. The molecule has 0 aliphatic rings. The molecule has 180 valence electrons. The minimum absolute atomic E-state index is 0.214. The smallest absolute Gasteiger partial charge is 0.320 e. The van der Waals surface area contributed by atoms with Crippen molar-refractivity contribution in [2.45, 2.75) is 25.8 Å². The van der Waals surface area contributed by atoms with Crippen LogP contribution in [0.4, 0.5) is 43.7 Å². The van der Waals surface area contributed by atoms with Gasteiger partial charge in [0.05, 0.1) is 17.0 Å². The number of aromatic nitrogens is 2. The topological polar surface area (TPSA) is 90.1 Å². The molecule has 2 aromatic carbocycles. The molecule has 3 aromatic rings. The first-order valence-electron chi connectivity index (χ1n) is 9.24. The number of halogens is 7. The lowest BCUT2D eigenvalue weighted by Gasteiger charge is -2.18. The van der Waals surface area contributed by atoms with Crippen molar-refractivity contribution in [1.29, 1.82) is 0 Å². The number of nitrogens with one attached hydrogen (secondary N) is 1. The van der Waals surface area contributed by atoms with Crippen LogP contribution in [0.15, 0.2) is 47.3 Å². The van der Waals surface area contributed by atoms with Crippen LogP contribution in [0.25, 0.3) is 0 Å². The number of aryl methyl sites for hydroxylation is 1. The Labute approximate surface area is 191 Å². The molecule has 1 aromatic heterocycles. The molecule has 0 bridgehead atoms. The van der Waals surface area contributed by atoms with Crippen LogP contribution in [0.1, 0.15) is 22.4 Å². The van der Waals surface area contributed by atoms with Crippen LogP contribution < -0.4 is 10.9 Å². The van der Waals surface area contributed by atoms with Gasteiger partial charge in [0.25, 0.3) is 11.2 Å². The van der Waals surface area contributed by atoms with Crippen molar-refractivity contribution in [2.75, 3.05) is 5.32 Å². The molecule has 0 spiro atoms. The average Bonchev–Trinajstić information content (AvgIpc) is 2.71. The van der Waals surface area contributed by atoms with E-state index in [1.54, 1.807) is 31.2 Å². The minimum Gasteiger partial charge on any atom is -0.320 e. The second kappa shape index (κ2) is 8.97. The molecule has 0 aliphatic heterocycles. The highest BCUT2D eigenvalue weighted by molar-refractivity contribution is 6.31. The summed E-state index contributed by atoms with van der Waals surface area (Å²) in [5.41, 5.74) is -4.87. The Kier molecular flexibility index (Phi) is 6.60. The number of nitro benzene ring substituents is 1. The zero-order valence-electron chi connectivity index (χ0n) is 17.0. The molecule has 0 saturated carbocycles. The quantitative estimate of drug-likeness (QED) is 0.263. The maximum absolute atomic E-state index is 13.4. The Morgan fingerprint density at radius 2 is 1.76 bits per heavy atom. The molecule has 0 fully saturated rings. The fourth-order valence-electron chi connectivity index (χ4n) is 3.04. The van der Waals surface area contributed by atoms with Gasteiger partial charge in [-0.25, -0.2) is 4.98 Å². The van der Waals surface area contributed by atoms with Crippen LogP contribution in [0.2, 0.25) is 5.02 Å². The van der Waals surface area contributed by atoms with E-state index in [2.05, 4.69) is 10.3 Å². The number of nitro groups is 1. The van der Waals surface area contributed by atoms with Crippen molar-refractivity contribution in [2.24, 2.45) is 0 Å². The Bertz CT molecular complexity index is 1320. The molecule has 0 amide bonds. The van der Waals surface area contributed by atoms with Crippen molar-refractivity contribution < 1.29 is 31.3 Å². The number of hydrogen-bond acceptors (Lipinski definition) is 5. The Balaban J connectivity index is 2.21. The number of nitrogens with zero attached hydrogens (tertiary/aromatic N) is 3. The minimum atomic E-state index is -5.15. The summed E-state index contributed by atoms with van der Waals surface area (Å²) in [6.45, 7) is 1.40. The molecule has 34 heavy (non-hydrogen) atoms. The van der Waals surface area contributed by atoms with Gasteiger partial charge in [0, 0.05) is 6.07 Å². The summed E-state index contributed by atoms with van der Waals surface area (Å²) in [7, 11) is 0. The van der Waals surface area contributed by atoms with Gasteiger partial charge in [-0.05, 0) is 24.6 Å². The molecular weight excluding hydrogens is 494 g/mol. The highest BCUT2D eigenvalue weighted by Gasteiger charge is 2.38. The molecule has 0 radical (unpaired) electrons. The maximum atomic E-state index is 13.4. The second-order valence-electron chi connectivity index (χ2n) is 7.09. The number of benzene rings is 2. The van der Waals surface area contributed by atoms with Crippen molar-refractivity contribution in [1.82, 2.24) is 9.55 Å². The molecule has 14 heteroatoms. The summed E-state index contributed by atoms with van der Waals surface area (Å²) < 4.78 is 79.8. The molecular formula is C20H13ClF6N4O3. The highest BCUT2D eigenvalue weighted by Crippen LogP contribution is 2.37. The van der Waals surface area contributed by atoms with Crippen molar-refractivity contribution in [3.8, 4) is 0 Å². The van der Waals surface area contributed by atoms with Gasteiger partial charge < -0.3 is 5.32 Å². The summed E-state index contributed by atoms with van der Waals surface area (Å²) >= 11 is 5.63. The third kappa shape index (κ3) is 5.30. The maximum Gasteiger partial charge on any atom is 0.435 e. The monoisotopic (exact) mass is 506 g/mol. The second-order valence-corrected chi connectivity index (χ2v) is 7.47. The predicted molar refractivity (Wildman–Crippen MR) is 110 cm³/mol. The van der Waals surface area contributed by atoms with E-state index in [4.69, 9.17) is 11.6 Å². The Morgan fingerprint density at radius 1 is 1.09 bits per heavy atom. The summed E-state index contributed by atoms with van der Waals surface area (Å²) in [6.07, 6.45) is -10.1. The lowest BCUT2D eigenvalue weighted by Crippen LogP contribution is -2.29. The number of hydrogen-bond donors (Lipinski definition) is 1. The molecule has 0 unspecified atom stereocenters. The van der Waals surface area contributed by atoms with Gasteiger partial charge in [-0.1, -0.05) is 41.4 Å². The van der Waals surface area contributed by atoms with Gasteiger partial charge in [0.15, 0.2) is 5.69 Å². The molecule has 7 nitrogen and oxygen atoms in total. The van der Waals surface area contributed by atoms with Gasteiger partial charge in [0.2, 0.25) is 5.95 Å². The van der Waals surface area contributed by atoms with E-state index in [1.165, 1.54) is 0 Å². The summed E-state index contributed by atoms with van der Waals surface area (Å²) in [5.74, 6) is -0.800. The molecule has 1 N–H and O–H groups in total. The molecule has 0 atom stereocenters. The van der Waals surface area contributed by atoms with Gasteiger partial charge >= 0.3 is 12.4 Å². The number of rotatable bonds is 5. The lowest BCUT2D eigenvalue weighted by molar-refractivity contribution is -0.384. The largest absolute Gasteiger partial charge is 0.435 e. The zero-order valence-corrected chi connectivity index (χ0v) is 17.7. The van der Waals surface area contributed by atoms with Crippen LogP contribution in [-0.2, 0) is 18.9 Å². The van der Waals surface area contributed by atoms with Crippen LogP contribution in [0.5, 0.6) is 0 Å². The third-order valence-corrected chi connectivity index (χ3v) is 4.91. The lowest BCUT2D eigenvalue weighted by atomic mass is 10.1. The van der Waals surface area contributed by atoms with Gasteiger partial charge in [-0.3, -0.25) is 19.5 Å². The van der Waals surface area contributed by atoms with E-state index in [9.17, 15) is 41.3 Å². The third-order valence-electron chi connectivity index (χ3n) is 4.57. The van der Waals surface area contributed by atoms with E-state index < -0.39 is 56.4 Å². The number of alkyl halides is 6. The molecule has 1 heterocycles. The molecule has 0 saturated heterocycles. The first-order valence-corrected chi connectivity index (χ1v) is 9.62. The zero-order chi connectivity index (χ0) is 25.4. The SMILES string of the molecule is Cc1cccc(Cn2c(Nc3ccc(C(F)(F)F)cc3[N+](=O)[O-])nc(C(F)(F)F)c(Cl)c2=O)c1. The van der Waals surface area contributed by atoms with Gasteiger partial charge in [-0.2, -0.15) is 26.3 Å². The Morgan fingerprint density at radius 3 is 2.32 bits per heavy atom. The molecule has 0 aliphatic carbocycles. The number of anilines is 2. The van der Waals surface area contributed by atoms with Crippen LogP contribution in [-0.4, -0.2) is 14.5 Å². The van der Waals surface area contributed by atoms with E-state index in [1.807, 2.05) is 0 Å². The first kappa shape index (κ1) is 25.0. The summed E-state index contributed by atoms with van der Waals surface area (Å²) in [4.78, 5) is 26.3.